The number of rotatable bonds is 10. The molecule has 1 atom stereocenters. The van der Waals surface area contributed by atoms with Crippen LogP contribution >= 0.6 is 0 Å². The molecule has 2 N–H and O–H groups in total. The third-order valence-electron chi connectivity index (χ3n) is 6.61. The summed E-state index contributed by atoms with van der Waals surface area (Å²) in [5.74, 6) is -4.91. The molecule has 47 heavy (non-hydrogen) atoms. The van der Waals surface area contributed by atoms with Crippen LogP contribution in [0.3, 0.4) is 0 Å². The molecule has 246 valence electrons. The van der Waals surface area contributed by atoms with Crippen molar-refractivity contribution in [1.82, 2.24) is 9.88 Å². The van der Waals surface area contributed by atoms with E-state index in [0.717, 1.165) is 6.07 Å². The van der Waals surface area contributed by atoms with Crippen molar-refractivity contribution in [3.63, 3.8) is 0 Å². The Labute approximate surface area is 262 Å². The zero-order valence-electron chi connectivity index (χ0n) is 24.1. The van der Waals surface area contributed by atoms with Crippen molar-refractivity contribution < 1.29 is 55.2 Å². The van der Waals surface area contributed by atoms with E-state index in [-0.39, 0.29) is 34.3 Å². The molecule has 9 nitrogen and oxygen atoms in total. The fraction of sp³-hybridized carbons (Fsp3) is 0.188. The normalized spacial score (nSPS) is 12.1. The van der Waals surface area contributed by atoms with E-state index < -0.39 is 48.2 Å². The highest BCUT2D eigenvalue weighted by Crippen LogP contribution is 2.39. The predicted octanol–water partition coefficient (Wildman–Crippen LogP) is 6.16. The Morgan fingerprint density at radius 2 is 1.51 bits per heavy atom. The maximum Gasteiger partial charge on any atom is 0.495 e. The summed E-state index contributed by atoms with van der Waals surface area (Å²) in [4.78, 5) is 43.9. The lowest BCUT2D eigenvalue weighted by atomic mass is 9.93. The Hall–Kier alpha value is -5.60. The largest absolute Gasteiger partial charge is 0.495 e. The minimum atomic E-state index is -5.48. The van der Waals surface area contributed by atoms with Gasteiger partial charge in [-0.15, -0.1) is 0 Å². The SMILES string of the molecule is N=c1ccccn1CCOc1ccc(C(=O)NC(CC(=O)OOC(=O)C(F)(F)F)c2ccc(-c3ccccc3)c(C(F)(F)F)c2)cc1. The van der Waals surface area contributed by atoms with E-state index in [4.69, 9.17) is 10.1 Å². The number of carbonyl (C=O) groups excluding carboxylic acids is 3. The van der Waals surface area contributed by atoms with Gasteiger partial charge in [-0.05, 0) is 59.2 Å². The van der Waals surface area contributed by atoms with E-state index in [2.05, 4.69) is 15.1 Å². The summed E-state index contributed by atoms with van der Waals surface area (Å²) in [6, 6.07) is 19.7. The summed E-state index contributed by atoms with van der Waals surface area (Å²) >= 11 is 0. The number of hydrogen-bond donors (Lipinski definition) is 2. The average molecular weight is 662 g/mol. The van der Waals surface area contributed by atoms with E-state index in [1.807, 2.05) is 0 Å². The van der Waals surface area contributed by atoms with Crippen LogP contribution in [-0.4, -0.2) is 35.2 Å². The quantitative estimate of drug-likeness (QED) is 0.119. The van der Waals surface area contributed by atoms with Gasteiger partial charge in [0.05, 0.1) is 24.6 Å². The van der Waals surface area contributed by atoms with Gasteiger partial charge < -0.3 is 14.6 Å². The molecule has 4 rings (SSSR count). The number of carbonyl (C=O) groups is 3. The number of alkyl halides is 6. The molecule has 0 aliphatic rings. The Bertz CT molecular complexity index is 1770. The first kappa shape index (κ1) is 34.3. The minimum Gasteiger partial charge on any atom is -0.492 e. The van der Waals surface area contributed by atoms with Crippen molar-refractivity contribution in [2.24, 2.45) is 0 Å². The van der Waals surface area contributed by atoms with Gasteiger partial charge in [-0.3, -0.25) is 10.2 Å². The number of nitrogens with zero attached hydrogens (tertiary/aromatic N) is 1. The fourth-order valence-electron chi connectivity index (χ4n) is 4.34. The number of pyridine rings is 1. The number of amides is 1. The molecule has 0 spiro atoms. The second-order valence-electron chi connectivity index (χ2n) is 9.87. The van der Waals surface area contributed by atoms with E-state index in [1.165, 1.54) is 54.6 Å². The highest BCUT2D eigenvalue weighted by atomic mass is 19.4. The molecule has 4 aromatic rings. The fourth-order valence-corrected chi connectivity index (χ4v) is 4.34. The van der Waals surface area contributed by atoms with Gasteiger partial charge in [0.2, 0.25) is 0 Å². The first-order valence-electron chi connectivity index (χ1n) is 13.7. The van der Waals surface area contributed by atoms with Crippen LogP contribution in [0, 0.1) is 5.41 Å². The van der Waals surface area contributed by atoms with Gasteiger partial charge >= 0.3 is 24.3 Å². The second kappa shape index (κ2) is 14.7. The smallest absolute Gasteiger partial charge is 0.492 e. The molecule has 15 heteroatoms. The lowest BCUT2D eigenvalue weighted by molar-refractivity contribution is -0.286. The van der Waals surface area contributed by atoms with E-state index >= 15 is 0 Å². The van der Waals surface area contributed by atoms with Gasteiger partial charge in [0.1, 0.15) is 17.8 Å². The molecule has 1 aromatic heterocycles. The van der Waals surface area contributed by atoms with E-state index in [0.29, 0.717) is 18.4 Å². The monoisotopic (exact) mass is 661 g/mol. The second-order valence-corrected chi connectivity index (χ2v) is 9.87. The highest BCUT2D eigenvalue weighted by Gasteiger charge is 2.43. The number of hydrogen-bond acceptors (Lipinski definition) is 7. The third-order valence-corrected chi connectivity index (χ3v) is 6.61. The first-order chi connectivity index (χ1) is 22.2. The summed E-state index contributed by atoms with van der Waals surface area (Å²) in [6.45, 7) is 0.552. The van der Waals surface area contributed by atoms with Crippen LogP contribution in [-0.2, 0) is 32.1 Å². The molecule has 0 saturated heterocycles. The van der Waals surface area contributed by atoms with Crippen molar-refractivity contribution in [2.45, 2.75) is 31.4 Å². The molecule has 3 aromatic carbocycles. The van der Waals surface area contributed by atoms with Crippen LogP contribution in [0.2, 0.25) is 0 Å². The highest BCUT2D eigenvalue weighted by molar-refractivity contribution is 5.95. The molecule has 0 aliphatic heterocycles. The molecule has 1 unspecified atom stereocenters. The van der Waals surface area contributed by atoms with Gasteiger partial charge in [0.25, 0.3) is 5.91 Å². The van der Waals surface area contributed by atoms with Crippen molar-refractivity contribution in [1.29, 1.82) is 5.41 Å². The number of halogens is 6. The first-order valence-corrected chi connectivity index (χ1v) is 13.7. The molecule has 0 saturated carbocycles. The Kier molecular flexibility index (Phi) is 10.7. The molecule has 1 amide bonds. The van der Waals surface area contributed by atoms with Crippen molar-refractivity contribution in [2.75, 3.05) is 6.61 Å². The number of nitrogens with one attached hydrogen (secondary N) is 2. The zero-order chi connectivity index (χ0) is 34.2. The number of benzene rings is 3. The van der Waals surface area contributed by atoms with Crippen molar-refractivity contribution in [3.05, 3.63) is 119 Å². The van der Waals surface area contributed by atoms with Crippen LogP contribution in [0.4, 0.5) is 26.3 Å². The van der Waals surface area contributed by atoms with E-state index in [1.54, 1.807) is 35.0 Å². The topological polar surface area (TPSA) is 120 Å². The lowest BCUT2D eigenvalue weighted by Crippen LogP contribution is -2.32. The van der Waals surface area contributed by atoms with Crippen LogP contribution in [0.5, 0.6) is 5.75 Å². The Balaban J connectivity index is 1.55. The van der Waals surface area contributed by atoms with Crippen LogP contribution < -0.4 is 15.5 Å². The van der Waals surface area contributed by atoms with Gasteiger partial charge in [0.15, 0.2) is 0 Å². The van der Waals surface area contributed by atoms with Gasteiger partial charge in [-0.1, -0.05) is 48.5 Å². The number of aromatic nitrogens is 1. The molecule has 1 heterocycles. The van der Waals surface area contributed by atoms with Crippen LogP contribution in [0.25, 0.3) is 11.1 Å². The minimum absolute atomic E-state index is 0.00189. The molecular weight excluding hydrogens is 636 g/mol. The Morgan fingerprint density at radius 3 is 2.15 bits per heavy atom. The van der Waals surface area contributed by atoms with Crippen molar-refractivity contribution >= 4 is 17.8 Å². The molecule has 0 fully saturated rings. The summed E-state index contributed by atoms with van der Waals surface area (Å²) in [7, 11) is 0. The van der Waals surface area contributed by atoms with Crippen molar-refractivity contribution in [3.8, 4) is 16.9 Å². The standard InChI is InChI=1S/C32H25F6N3O6/c33-31(34,35)25-18-22(11-14-24(25)20-6-2-1-3-7-20)26(19-28(42)46-47-30(44)32(36,37)38)40-29(43)21-9-12-23(13-10-21)45-17-16-41-15-5-4-8-27(41)39/h1-15,18,26,39H,16-17,19H2,(H,40,43). The third kappa shape index (κ3) is 9.45. The number of ether oxygens (including phenoxy) is 1. The summed E-state index contributed by atoms with van der Waals surface area (Å²) < 4.78 is 87.2. The summed E-state index contributed by atoms with van der Waals surface area (Å²) in [5.41, 5.74) is -1.04. The average Bonchev–Trinajstić information content (AvgIpc) is 3.03. The van der Waals surface area contributed by atoms with E-state index in [9.17, 15) is 40.7 Å². The maximum absolute atomic E-state index is 14.2. The molecule has 0 bridgehead atoms. The lowest BCUT2D eigenvalue weighted by Gasteiger charge is -2.21. The predicted molar refractivity (Wildman–Crippen MR) is 152 cm³/mol. The zero-order valence-corrected chi connectivity index (χ0v) is 24.1. The van der Waals surface area contributed by atoms with Gasteiger partial charge in [-0.2, -0.15) is 26.3 Å². The molecule has 0 radical (unpaired) electrons. The van der Waals surface area contributed by atoms with Gasteiger partial charge in [-0.25, -0.2) is 19.4 Å². The summed E-state index contributed by atoms with van der Waals surface area (Å²) in [6.07, 6.45) is -9.66. The molecular formula is C32H25F6N3O6. The summed E-state index contributed by atoms with van der Waals surface area (Å²) in [5, 5.41) is 10.3. The van der Waals surface area contributed by atoms with Crippen LogP contribution in [0.15, 0.2) is 97.2 Å². The molecule has 0 aliphatic carbocycles. The Morgan fingerprint density at radius 1 is 0.830 bits per heavy atom. The maximum atomic E-state index is 14.2. The van der Waals surface area contributed by atoms with Crippen LogP contribution in [0.1, 0.15) is 33.9 Å². The van der Waals surface area contributed by atoms with Gasteiger partial charge in [0, 0.05) is 11.8 Å².